The average molecular weight is 332 g/mol. The topological polar surface area (TPSA) is 51.1 Å². The van der Waals surface area contributed by atoms with Gasteiger partial charge in [0.2, 0.25) is 5.91 Å². The van der Waals surface area contributed by atoms with Crippen molar-refractivity contribution in [3.63, 3.8) is 0 Å². The summed E-state index contributed by atoms with van der Waals surface area (Å²) in [5.41, 5.74) is -2.13. The summed E-state index contributed by atoms with van der Waals surface area (Å²) in [5, 5.41) is 2.10. The lowest BCUT2D eigenvalue weighted by Gasteiger charge is -2.11. The van der Waals surface area contributed by atoms with Crippen molar-refractivity contribution in [2.45, 2.75) is 12.7 Å². The molecular weight excluding hydrogens is 323 g/mol. The number of carbonyl (C=O) groups excluding carboxylic acids is 1. The molecular formula is C14H9F5N2O2. The first kappa shape index (κ1) is 16.7. The van der Waals surface area contributed by atoms with E-state index in [1.54, 1.807) is 0 Å². The molecule has 0 spiro atoms. The monoisotopic (exact) mass is 332 g/mol. The van der Waals surface area contributed by atoms with E-state index in [2.05, 4.69) is 5.32 Å². The number of halogens is 5. The molecule has 0 aliphatic rings. The van der Waals surface area contributed by atoms with Crippen molar-refractivity contribution in [3.8, 4) is 0 Å². The van der Waals surface area contributed by atoms with Gasteiger partial charge in [-0.25, -0.2) is 8.78 Å². The second-order valence-corrected chi connectivity index (χ2v) is 4.59. The van der Waals surface area contributed by atoms with Gasteiger partial charge in [-0.05, 0) is 18.2 Å². The third-order valence-corrected chi connectivity index (χ3v) is 2.77. The van der Waals surface area contributed by atoms with Gasteiger partial charge in [0.1, 0.15) is 18.2 Å². The Morgan fingerprint density at radius 2 is 1.70 bits per heavy atom. The molecule has 0 aliphatic carbocycles. The van der Waals surface area contributed by atoms with Crippen LogP contribution in [0.5, 0.6) is 0 Å². The largest absolute Gasteiger partial charge is 0.417 e. The molecule has 0 saturated heterocycles. The number of alkyl halides is 3. The fourth-order valence-corrected chi connectivity index (χ4v) is 1.80. The van der Waals surface area contributed by atoms with Gasteiger partial charge >= 0.3 is 6.18 Å². The van der Waals surface area contributed by atoms with E-state index in [-0.39, 0.29) is 5.69 Å². The summed E-state index contributed by atoms with van der Waals surface area (Å²) in [7, 11) is 0. The molecule has 0 bridgehead atoms. The molecule has 4 nitrogen and oxygen atoms in total. The third kappa shape index (κ3) is 4.38. The standard InChI is InChI=1S/C14H9F5N2O2/c15-9-3-10(16)5-11(4-9)20-12(22)7-21-6-8(14(17,18)19)1-2-13(21)23/h1-6H,7H2,(H,20,22). The summed E-state index contributed by atoms with van der Waals surface area (Å²) < 4.78 is 64.2. The number of hydrogen-bond donors (Lipinski definition) is 1. The summed E-state index contributed by atoms with van der Waals surface area (Å²) in [6.45, 7) is -0.735. The van der Waals surface area contributed by atoms with Gasteiger partial charge in [0.15, 0.2) is 0 Å². The molecule has 1 N–H and O–H groups in total. The minimum atomic E-state index is -4.67. The second kappa shape index (κ2) is 6.19. The van der Waals surface area contributed by atoms with Crippen molar-refractivity contribution < 1.29 is 26.7 Å². The zero-order valence-corrected chi connectivity index (χ0v) is 11.3. The molecule has 0 unspecified atom stereocenters. The lowest BCUT2D eigenvalue weighted by molar-refractivity contribution is -0.138. The van der Waals surface area contributed by atoms with Crippen LogP contribution in [0.1, 0.15) is 5.56 Å². The number of anilines is 1. The molecule has 2 aromatic rings. The molecule has 23 heavy (non-hydrogen) atoms. The molecule has 1 aromatic heterocycles. The molecule has 1 aromatic carbocycles. The lowest BCUT2D eigenvalue weighted by atomic mass is 10.2. The Balaban J connectivity index is 2.18. The molecule has 0 fully saturated rings. The van der Waals surface area contributed by atoms with Gasteiger partial charge in [-0.1, -0.05) is 0 Å². The van der Waals surface area contributed by atoms with Gasteiger partial charge in [0, 0.05) is 24.0 Å². The summed E-state index contributed by atoms with van der Waals surface area (Å²) in [4.78, 5) is 23.2. The van der Waals surface area contributed by atoms with E-state index in [0.717, 1.165) is 12.1 Å². The Kier molecular flexibility index (Phi) is 4.48. The molecule has 0 saturated carbocycles. The Labute approximate surface area is 126 Å². The van der Waals surface area contributed by atoms with E-state index in [9.17, 15) is 31.5 Å². The number of pyridine rings is 1. The van der Waals surface area contributed by atoms with E-state index >= 15 is 0 Å². The van der Waals surface area contributed by atoms with Gasteiger partial charge in [0.25, 0.3) is 5.56 Å². The van der Waals surface area contributed by atoms with E-state index in [0.29, 0.717) is 29.0 Å². The number of nitrogens with one attached hydrogen (secondary N) is 1. The van der Waals surface area contributed by atoms with Crippen LogP contribution in [0.4, 0.5) is 27.6 Å². The number of benzene rings is 1. The number of rotatable bonds is 3. The molecule has 9 heteroatoms. The minimum Gasteiger partial charge on any atom is -0.324 e. The minimum absolute atomic E-state index is 0.215. The van der Waals surface area contributed by atoms with Crippen LogP contribution in [0.25, 0.3) is 0 Å². The fourth-order valence-electron chi connectivity index (χ4n) is 1.80. The fraction of sp³-hybridized carbons (Fsp3) is 0.143. The highest BCUT2D eigenvalue weighted by Crippen LogP contribution is 2.28. The predicted molar refractivity (Wildman–Crippen MR) is 70.7 cm³/mol. The molecule has 1 heterocycles. The van der Waals surface area contributed by atoms with Crippen molar-refractivity contribution in [3.05, 3.63) is 64.1 Å². The van der Waals surface area contributed by atoms with E-state index in [1.807, 2.05) is 0 Å². The SMILES string of the molecule is O=C(Cn1cc(C(F)(F)F)ccc1=O)Nc1cc(F)cc(F)c1. The van der Waals surface area contributed by atoms with Gasteiger partial charge in [-0.2, -0.15) is 13.2 Å². The summed E-state index contributed by atoms with van der Waals surface area (Å²) in [5.74, 6) is -2.77. The zero-order chi connectivity index (χ0) is 17.2. The first-order chi connectivity index (χ1) is 10.6. The first-order valence-electron chi connectivity index (χ1n) is 6.19. The Bertz CT molecular complexity index is 778. The Morgan fingerprint density at radius 1 is 1.09 bits per heavy atom. The molecule has 122 valence electrons. The number of aromatic nitrogens is 1. The van der Waals surface area contributed by atoms with Crippen LogP contribution in [-0.2, 0) is 17.5 Å². The lowest BCUT2D eigenvalue weighted by Crippen LogP contribution is -2.28. The summed E-state index contributed by atoms with van der Waals surface area (Å²) >= 11 is 0. The maximum atomic E-state index is 13.0. The quantitative estimate of drug-likeness (QED) is 0.879. The summed E-state index contributed by atoms with van der Waals surface area (Å²) in [6, 6.07) is 3.52. The van der Waals surface area contributed by atoms with Crippen molar-refractivity contribution in [1.82, 2.24) is 4.57 Å². The highest BCUT2D eigenvalue weighted by molar-refractivity contribution is 5.90. The second-order valence-electron chi connectivity index (χ2n) is 4.59. The van der Waals surface area contributed by atoms with Crippen LogP contribution in [0.2, 0.25) is 0 Å². The normalized spacial score (nSPS) is 11.3. The summed E-state index contributed by atoms with van der Waals surface area (Å²) in [6.07, 6.45) is -4.17. The number of carbonyl (C=O) groups is 1. The van der Waals surface area contributed by atoms with E-state index in [1.165, 1.54) is 0 Å². The molecule has 2 rings (SSSR count). The maximum Gasteiger partial charge on any atom is 0.417 e. The smallest absolute Gasteiger partial charge is 0.324 e. The van der Waals surface area contributed by atoms with Crippen molar-refractivity contribution in [2.75, 3.05) is 5.32 Å². The molecule has 0 radical (unpaired) electrons. The van der Waals surface area contributed by atoms with Gasteiger partial charge < -0.3 is 9.88 Å². The highest BCUT2D eigenvalue weighted by atomic mass is 19.4. The van der Waals surface area contributed by atoms with Crippen LogP contribution >= 0.6 is 0 Å². The van der Waals surface area contributed by atoms with Crippen LogP contribution in [0.15, 0.2) is 41.3 Å². The Hall–Kier alpha value is -2.71. The van der Waals surface area contributed by atoms with E-state index in [4.69, 9.17) is 0 Å². The first-order valence-corrected chi connectivity index (χ1v) is 6.19. The Morgan fingerprint density at radius 3 is 2.26 bits per heavy atom. The molecule has 0 atom stereocenters. The van der Waals surface area contributed by atoms with Gasteiger partial charge in [-0.3, -0.25) is 9.59 Å². The van der Waals surface area contributed by atoms with Crippen LogP contribution in [-0.4, -0.2) is 10.5 Å². The molecule has 1 amide bonds. The van der Waals surface area contributed by atoms with Crippen LogP contribution in [0, 0.1) is 11.6 Å². The average Bonchev–Trinajstić information content (AvgIpc) is 2.38. The third-order valence-electron chi connectivity index (χ3n) is 2.77. The van der Waals surface area contributed by atoms with Gasteiger partial charge in [-0.15, -0.1) is 0 Å². The maximum absolute atomic E-state index is 13.0. The number of amides is 1. The molecule has 0 aliphatic heterocycles. The highest BCUT2D eigenvalue weighted by Gasteiger charge is 2.31. The van der Waals surface area contributed by atoms with Crippen molar-refractivity contribution in [1.29, 1.82) is 0 Å². The van der Waals surface area contributed by atoms with Crippen LogP contribution < -0.4 is 10.9 Å². The van der Waals surface area contributed by atoms with Crippen molar-refractivity contribution in [2.24, 2.45) is 0 Å². The predicted octanol–water partition coefficient (Wildman–Crippen LogP) is 2.78. The van der Waals surface area contributed by atoms with E-state index < -0.39 is 41.4 Å². The van der Waals surface area contributed by atoms with Gasteiger partial charge in [0.05, 0.1) is 5.56 Å². The van der Waals surface area contributed by atoms with Crippen molar-refractivity contribution >= 4 is 11.6 Å². The number of nitrogens with zero attached hydrogens (tertiary/aromatic N) is 1. The zero-order valence-electron chi connectivity index (χ0n) is 11.3. The van der Waals surface area contributed by atoms with Crippen LogP contribution in [0.3, 0.4) is 0 Å². The number of hydrogen-bond acceptors (Lipinski definition) is 2.